The second-order valence-corrected chi connectivity index (χ2v) is 7.18. The van der Waals surface area contributed by atoms with Gasteiger partial charge in [0.05, 0.1) is 16.1 Å². The van der Waals surface area contributed by atoms with E-state index in [1.165, 1.54) is 12.1 Å². The first-order valence-electron chi connectivity index (χ1n) is 5.75. The molecule has 3 nitrogen and oxygen atoms in total. The lowest BCUT2D eigenvalue weighted by molar-refractivity contribution is -0.137. The molecule has 0 radical (unpaired) electrons. The van der Waals surface area contributed by atoms with Gasteiger partial charge in [-0.1, -0.05) is 6.07 Å². The summed E-state index contributed by atoms with van der Waals surface area (Å²) in [5.41, 5.74) is -1.43. The Bertz CT molecular complexity index is 806. The molecule has 0 amide bonds. The van der Waals surface area contributed by atoms with Gasteiger partial charge in [0.2, 0.25) is 0 Å². The third kappa shape index (κ3) is 3.88. The Labute approximate surface area is 137 Å². The van der Waals surface area contributed by atoms with E-state index in [9.17, 15) is 26.0 Å². The van der Waals surface area contributed by atoms with Gasteiger partial charge in [0.1, 0.15) is 5.82 Å². The van der Waals surface area contributed by atoms with Gasteiger partial charge in [-0.15, -0.1) is 0 Å². The molecule has 2 rings (SSSR count). The van der Waals surface area contributed by atoms with E-state index in [2.05, 4.69) is 0 Å². The maximum absolute atomic E-state index is 13.7. The molecule has 9 heteroatoms. The van der Waals surface area contributed by atoms with Crippen LogP contribution >= 0.6 is 22.6 Å². The summed E-state index contributed by atoms with van der Waals surface area (Å²) in [7, 11) is -4.32. The molecule has 0 aliphatic rings. The summed E-state index contributed by atoms with van der Waals surface area (Å²) in [6.45, 7) is 0. The lowest BCUT2D eigenvalue weighted by Gasteiger charge is -2.11. The Hall–Kier alpha value is -1.36. The monoisotopic (exact) mass is 445 g/mol. The Kier molecular flexibility index (Phi) is 4.66. The first-order valence-corrected chi connectivity index (χ1v) is 8.31. The molecule has 22 heavy (non-hydrogen) atoms. The van der Waals surface area contributed by atoms with E-state index >= 15 is 0 Å². The molecular weight excluding hydrogens is 437 g/mol. The molecule has 0 aliphatic heterocycles. The van der Waals surface area contributed by atoms with Gasteiger partial charge in [-0.2, -0.15) is 13.2 Å². The number of hydrogen-bond acceptors (Lipinski definition) is 2. The van der Waals surface area contributed by atoms with Crippen molar-refractivity contribution >= 4 is 38.3 Å². The van der Waals surface area contributed by atoms with Crippen LogP contribution in [0.1, 0.15) is 5.56 Å². The summed E-state index contributed by atoms with van der Waals surface area (Å²) >= 11 is 1.84. The molecule has 0 heterocycles. The predicted octanol–water partition coefficient (Wildman–Crippen LogP) is 4.25. The maximum Gasteiger partial charge on any atom is 0.416 e. The average molecular weight is 445 g/mol. The molecule has 0 bridgehead atoms. The van der Waals surface area contributed by atoms with Gasteiger partial charge in [-0.3, -0.25) is 4.72 Å². The van der Waals surface area contributed by atoms with Gasteiger partial charge in [-0.25, -0.2) is 12.8 Å². The highest BCUT2D eigenvalue weighted by Gasteiger charge is 2.31. The smallest absolute Gasteiger partial charge is 0.277 e. The molecule has 0 unspecified atom stereocenters. The van der Waals surface area contributed by atoms with Gasteiger partial charge >= 0.3 is 6.18 Å². The van der Waals surface area contributed by atoms with Crippen LogP contribution in [0.5, 0.6) is 0 Å². The quantitative estimate of drug-likeness (QED) is 0.568. The van der Waals surface area contributed by atoms with Crippen LogP contribution in [0.3, 0.4) is 0 Å². The van der Waals surface area contributed by atoms with Gasteiger partial charge in [0, 0.05) is 3.57 Å². The molecule has 0 aromatic heterocycles. The lowest BCUT2D eigenvalue weighted by atomic mass is 10.2. The normalized spacial score (nSPS) is 12.2. The summed E-state index contributed by atoms with van der Waals surface area (Å²) in [6.07, 6.45) is -4.67. The van der Waals surface area contributed by atoms with Crippen LogP contribution < -0.4 is 4.72 Å². The predicted molar refractivity (Wildman–Crippen MR) is 81.4 cm³/mol. The minimum absolute atomic E-state index is 0.335. The van der Waals surface area contributed by atoms with Crippen LogP contribution in [0.2, 0.25) is 0 Å². The number of anilines is 1. The lowest BCUT2D eigenvalue weighted by Crippen LogP contribution is -2.15. The summed E-state index contributed by atoms with van der Waals surface area (Å²) in [4.78, 5) is -0.597. The van der Waals surface area contributed by atoms with E-state index < -0.39 is 32.5 Å². The van der Waals surface area contributed by atoms with Crippen molar-refractivity contribution in [2.45, 2.75) is 11.1 Å². The zero-order valence-corrected chi connectivity index (χ0v) is 13.6. The van der Waals surface area contributed by atoms with Crippen molar-refractivity contribution in [2.24, 2.45) is 0 Å². The average Bonchev–Trinajstić information content (AvgIpc) is 2.41. The number of alkyl halides is 3. The van der Waals surface area contributed by atoms with E-state index in [4.69, 9.17) is 0 Å². The van der Waals surface area contributed by atoms with Gasteiger partial charge in [0.15, 0.2) is 0 Å². The molecule has 0 saturated carbocycles. The first-order chi connectivity index (χ1) is 10.1. The zero-order chi connectivity index (χ0) is 16.5. The molecule has 118 valence electrons. The standard InChI is InChI=1S/C13H8F4INO2S/c14-11-7-9(18)4-5-12(11)19-22(20,21)10-3-1-2-8(6-10)13(15,16)17/h1-7,19H. The third-order valence-corrected chi connectivity index (χ3v) is 4.68. The first kappa shape index (κ1) is 17.0. The number of rotatable bonds is 3. The number of nitrogens with one attached hydrogen (secondary N) is 1. The number of sulfonamides is 1. The highest BCUT2D eigenvalue weighted by Crippen LogP contribution is 2.31. The molecule has 0 fully saturated rings. The molecule has 2 aromatic carbocycles. The van der Waals surface area contributed by atoms with Gasteiger partial charge in [-0.05, 0) is 59.0 Å². The molecule has 1 N–H and O–H groups in total. The highest BCUT2D eigenvalue weighted by molar-refractivity contribution is 14.1. The van der Waals surface area contributed by atoms with Gasteiger partial charge in [0.25, 0.3) is 10.0 Å². The minimum Gasteiger partial charge on any atom is -0.277 e. The summed E-state index contributed by atoms with van der Waals surface area (Å²) in [6, 6.07) is 6.99. The van der Waals surface area contributed by atoms with Crippen LogP contribution in [-0.4, -0.2) is 8.42 Å². The van der Waals surface area contributed by atoms with Crippen LogP contribution in [0.4, 0.5) is 23.2 Å². The van der Waals surface area contributed by atoms with Crippen LogP contribution in [0.25, 0.3) is 0 Å². The van der Waals surface area contributed by atoms with E-state index in [1.54, 1.807) is 0 Å². The second kappa shape index (κ2) is 6.03. The maximum atomic E-state index is 13.7. The Morgan fingerprint density at radius 3 is 2.32 bits per heavy atom. The molecule has 0 spiro atoms. The largest absolute Gasteiger partial charge is 0.416 e. The third-order valence-electron chi connectivity index (χ3n) is 2.65. The van der Waals surface area contributed by atoms with Gasteiger partial charge < -0.3 is 0 Å². The van der Waals surface area contributed by atoms with Crippen LogP contribution in [0, 0.1) is 9.39 Å². The molecule has 2 aromatic rings. The number of halogens is 5. The fraction of sp³-hybridized carbons (Fsp3) is 0.0769. The van der Waals surface area contributed by atoms with Crippen molar-refractivity contribution in [3.63, 3.8) is 0 Å². The van der Waals surface area contributed by atoms with Crippen molar-refractivity contribution in [3.8, 4) is 0 Å². The Balaban J connectivity index is 2.39. The van der Waals surface area contributed by atoms with Crippen LogP contribution in [-0.2, 0) is 16.2 Å². The number of benzene rings is 2. The van der Waals surface area contributed by atoms with E-state index in [1.807, 2.05) is 27.3 Å². The summed E-state index contributed by atoms with van der Waals surface area (Å²) in [5, 5.41) is 0. The van der Waals surface area contributed by atoms with Crippen LogP contribution in [0.15, 0.2) is 47.4 Å². The number of hydrogen-bond donors (Lipinski definition) is 1. The summed E-state index contributed by atoms with van der Waals surface area (Å²) in [5.74, 6) is -0.817. The SMILES string of the molecule is O=S(=O)(Nc1ccc(I)cc1F)c1cccc(C(F)(F)F)c1. The molecule has 0 aliphatic carbocycles. The second-order valence-electron chi connectivity index (χ2n) is 4.26. The Morgan fingerprint density at radius 2 is 1.73 bits per heavy atom. The Morgan fingerprint density at radius 1 is 1.05 bits per heavy atom. The van der Waals surface area contributed by atoms with E-state index in [-0.39, 0.29) is 5.69 Å². The van der Waals surface area contributed by atoms with E-state index in [0.717, 1.165) is 24.3 Å². The topological polar surface area (TPSA) is 46.2 Å². The minimum atomic E-state index is -4.67. The molecule has 0 saturated heterocycles. The van der Waals surface area contributed by atoms with Crippen molar-refractivity contribution in [1.29, 1.82) is 0 Å². The van der Waals surface area contributed by atoms with Crippen molar-refractivity contribution < 1.29 is 26.0 Å². The van der Waals surface area contributed by atoms with Crippen molar-refractivity contribution in [1.82, 2.24) is 0 Å². The fourth-order valence-corrected chi connectivity index (χ4v) is 3.18. The molecular formula is C13H8F4INO2S. The van der Waals surface area contributed by atoms with E-state index in [0.29, 0.717) is 9.64 Å². The molecule has 0 atom stereocenters. The highest BCUT2D eigenvalue weighted by atomic mass is 127. The van der Waals surface area contributed by atoms with Crippen molar-refractivity contribution in [3.05, 3.63) is 57.4 Å². The zero-order valence-electron chi connectivity index (χ0n) is 10.7. The van der Waals surface area contributed by atoms with Crippen molar-refractivity contribution in [2.75, 3.05) is 4.72 Å². The summed E-state index contributed by atoms with van der Waals surface area (Å²) < 4.78 is 78.1. The fourth-order valence-electron chi connectivity index (χ4n) is 1.62.